The number of hydrogen-bond donors (Lipinski definition) is 1. The largest absolute Gasteiger partial charge is 0.411 e. The molecule has 1 N–H and O–H groups in total. The van der Waals surface area contributed by atoms with Crippen LogP contribution >= 0.6 is 23.5 Å². The molecule has 0 amide bonds. The maximum atomic E-state index is 12.7. The molecule has 0 saturated carbocycles. The molecule has 174 valence electrons. The van der Waals surface area contributed by atoms with Crippen molar-refractivity contribution in [3.63, 3.8) is 0 Å². The number of Topliss-reactive ketones (excluding diaryl/α,β-unsaturated/α-hetero) is 1. The predicted molar refractivity (Wildman–Crippen MR) is 144 cm³/mol. The molecule has 0 atom stereocenters. The second kappa shape index (κ2) is 9.40. The fraction of sp³-hybridized carbons (Fsp3) is 0.133. The molecule has 35 heavy (non-hydrogen) atoms. The summed E-state index contributed by atoms with van der Waals surface area (Å²) in [6.07, 6.45) is 0. The molecule has 4 aromatic carbocycles. The maximum Gasteiger partial charge on any atom is 0.210 e. The quantitative estimate of drug-likeness (QED) is 0.126. The lowest BCUT2D eigenvalue weighted by atomic mass is 9.81. The fourth-order valence-corrected chi connectivity index (χ4v) is 6.54. The van der Waals surface area contributed by atoms with E-state index in [1.807, 2.05) is 30.3 Å². The van der Waals surface area contributed by atoms with Crippen LogP contribution in [0.25, 0.3) is 11.1 Å². The smallest absolute Gasteiger partial charge is 0.210 e. The highest BCUT2D eigenvalue weighted by atomic mass is 32.2. The Labute approximate surface area is 214 Å². The van der Waals surface area contributed by atoms with Crippen molar-refractivity contribution >= 4 is 35.0 Å². The Kier molecular flexibility index (Phi) is 6.30. The highest BCUT2D eigenvalue weighted by molar-refractivity contribution is 8.02. The number of nitrogens with zero attached hydrogens (tertiary/aromatic N) is 1. The lowest BCUT2D eigenvalue weighted by Gasteiger charge is -2.23. The molecule has 0 bridgehead atoms. The zero-order valence-electron chi connectivity index (χ0n) is 19.8. The second-order valence-corrected chi connectivity index (χ2v) is 11.3. The molecule has 0 aliphatic heterocycles. The molecule has 0 spiro atoms. The Hall–Kier alpha value is -3.28. The molecular weight excluding hydrogens is 470 g/mol. The van der Waals surface area contributed by atoms with E-state index >= 15 is 0 Å². The molecule has 0 fully saturated rings. The molecule has 5 heteroatoms. The SMILES string of the molecule is CC(=NO)C(=O)c1ccc2c(c1)C(C)(C)c1cc(Sc3ccccc3)c(Sc3ccccc3)cc1-2. The zero-order chi connectivity index (χ0) is 24.6. The summed E-state index contributed by atoms with van der Waals surface area (Å²) < 4.78 is 0. The Balaban J connectivity index is 1.64. The van der Waals surface area contributed by atoms with Gasteiger partial charge in [0.15, 0.2) is 0 Å². The highest BCUT2D eigenvalue weighted by Crippen LogP contribution is 2.53. The fourth-order valence-electron chi connectivity index (χ4n) is 4.53. The van der Waals surface area contributed by atoms with Crippen LogP contribution in [0, 0.1) is 0 Å². The summed E-state index contributed by atoms with van der Waals surface area (Å²) in [5, 5.41) is 12.2. The number of hydrogen-bond acceptors (Lipinski definition) is 5. The van der Waals surface area contributed by atoms with Gasteiger partial charge in [-0.25, -0.2) is 0 Å². The Morgan fingerprint density at radius 3 is 1.86 bits per heavy atom. The summed E-state index contributed by atoms with van der Waals surface area (Å²) in [5.74, 6) is -0.261. The predicted octanol–water partition coefficient (Wildman–Crippen LogP) is 8.33. The van der Waals surface area contributed by atoms with E-state index < -0.39 is 0 Å². The second-order valence-electron chi connectivity index (χ2n) is 9.07. The first-order chi connectivity index (χ1) is 16.9. The van der Waals surface area contributed by atoms with Crippen LogP contribution in [0.1, 0.15) is 42.3 Å². The number of carbonyl (C=O) groups excluding carboxylic acids is 1. The monoisotopic (exact) mass is 495 g/mol. The van der Waals surface area contributed by atoms with Crippen LogP contribution in [0.4, 0.5) is 0 Å². The van der Waals surface area contributed by atoms with Crippen LogP contribution in [0.3, 0.4) is 0 Å². The van der Waals surface area contributed by atoms with Gasteiger partial charge in [-0.05, 0) is 71.6 Å². The molecule has 0 saturated heterocycles. The first kappa shape index (κ1) is 23.5. The van der Waals surface area contributed by atoms with Gasteiger partial charge in [0.05, 0.1) is 0 Å². The lowest BCUT2D eigenvalue weighted by Crippen LogP contribution is -2.17. The standard InChI is InChI=1S/C30H25NO2S2/c1-19(31-33)29(32)20-14-15-23-24-17-27(34-21-10-6-4-7-11-21)28(35-22-12-8-5-9-13-22)18-26(24)30(2,3)25(23)16-20/h4-18,33H,1-3H3. The molecule has 0 unspecified atom stereocenters. The van der Waals surface area contributed by atoms with E-state index in [9.17, 15) is 4.79 Å². The van der Waals surface area contributed by atoms with Crippen LogP contribution in [0.2, 0.25) is 0 Å². The van der Waals surface area contributed by atoms with Crippen molar-refractivity contribution in [2.24, 2.45) is 5.16 Å². The summed E-state index contributed by atoms with van der Waals surface area (Å²) >= 11 is 3.55. The molecule has 0 aromatic heterocycles. The van der Waals surface area contributed by atoms with Crippen molar-refractivity contribution in [3.8, 4) is 11.1 Å². The van der Waals surface area contributed by atoms with Gasteiger partial charge in [0, 0.05) is 30.6 Å². The van der Waals surface area contributed by atoms with Gasteiger partial charge in [-0.1, -0.05) is 91.1 Å². The average Bonchev–Trinajstić information content (AvgIpc) is 3.10. The molecule has 5 rings (SSSR count). The van der Waals surface area contributed by atoms with Crippen LogP contribution in [-0.4, -0.2) is 16.7 Å². The number of benzene rings is 4. The van der Waals surface area contributed by atoms with Gasteiger partial charge < -0.3 is 5.21 Å². The average molecular weight is 496 g/mol. The van der Waals surface area contributed by atoms with Crippen molar-refractivity contribution in [3.05, 3.63) is 108 Å². The van der Waals surface area contributed by atoms with E-state index in [1.165, 1.54) is 37.6 Å². The molecular formula is C30H25NO2S2. The third-order valence-corrected chi connectivity index (χ3v) is 8.68. The topological polar surface area (TPSA) is 49.7 Å². The molecule has 1 aliphatic carbocycles. The van der Waals surface area contributed by atoms with Gasteiger partial charge in [-0.2, -0.15) is 0 Å². The van der Waals surface area contributed by atoms with Gasteiger partial charge >= 0.3 is 0 Å². The van der Waals surface area contributed by atoms with Gasteiger partial charge in [0.2, 0.25) is 5.78 Å². The van der Waals surface area contributed by atoms with Crippen LogP contribution in [0.5, 0.6) is 0 Å². The van der Waals surface area contributed by atoms with Crippen molar-refractivity contribution < 1.29 is 10.0 Å². The minimum Gasteiger partial charge on any atom is -0.411 e. The van der Waals surface area contributed by atoms with Crippen molar-refractivity contribution in [2.45, 2.75) is 45.8 Å². The van der Waals surface area contributed by atoms with E-state index in [2.05, 4.69) is 79.7 Å². The number of ketones is 1. The summed E-state index contributed by atoms with van der Waals surface area (Å²) in [6.45, 7) is 5.94. The van der Waals surface area contributed by atoms with Gasteiger partial charge in [0.1, 0.15) is 5.71 Å². The minimum atomic E-state index is -0.271. The van der Waals surface area contributed by atoms with E-state index in [0.29, 0.717) is 5.56 Å². The third kappa shape index (κ3) is 4.42. The first-order valence-electron chi connectivity index (χ1n) is 11.4. The van der Waals surface area contributed by atoms with E-state index in [1.54, 1.807) is 23.5 Å². The number of fused-ring (bicyclic) bond motifs is 3. The van der Waals surface area contributed by atoms with Gasteiger partial charge in [0.25, 0.3) is 0 Å². The van der Waals surface area contributed by atoms with Crippen LogP contribution in [0.15, 0.2) is 116 Å². The first-order valence-corrected chi connectivity index (χ1v) is 13.0. The molecule has 0 radical (unpaired) electrons. The normalized spacial score (nSPS) is 13.9. The molecule has 4 aromatic rings. The number of rotatable bonds is 6. The summed E-state index contributed by atoms with van der Waals surface area (Å²) in [5.41, 5.74) is 5.06. The van der Waals surface area contributed by atoms with Crippen molar-refractivity contribution in [1.29, 1.82) is 0 Å². The highest BCUT2D eigenvalue weighted by Gasteiger charge is 2.37. The van der Waals surface area contributed by atoms with Crippen LogP contribution < -0.4 is 0 Å². The Morgan fingerprint density at radius 1 is 0.743 bits per heavy atom. The Morgan fingerprint density at radius 2 is 1.29 bits per heavy atom. The van der Waals surface area contributed by atoms with Crippen molar-refractivity contribution in [1.82, 2.24) is 0 Å². The lowest BCUT2D eigenvalue weighted by molar-refractivity contribution is 0.106. The number of oxime groups is 1. The van der Waals surface area contributed by atoms with E-state index in [-0.39, 0.29) is 16.9 Å². The number of carbonyl (C=O) groups is 1. The molecule has 1 aliphatic rings. The summed E-state index contributed by atoms with van der Waals surface area (Å²) in [4.78, 5) is 17.5. The third-order valence-electron chi connectivity index (χ3n) is 6.42. The van der Waals surface area contributed by atoms with E-state index in [0.717, 1.165) is 11.1 Å². The zero-order valence-corrected chi connectivity index (χ0v) is 21.4. The molecule has 3 nitrogen and oxygen atoms in total. The van der Waals surface area contributed by atoms with Crippen LogP contribution in [-0.2, 0) is 5.41 Å². The van der Waals surface area contributed by atoms with Gasteiger partial charge in [-0.3, -0.25) is 4.79 Å². The van der Waals surface area contributed by atoms with Gasteiger partial charge in [-0.15, -0.1) is 0 Å². The Bertz CT molecular complexity index is 1440. The molecule has 0 heterocycles. The maximum absolute atomic E-state index is 12.7. The summed E-state index contributed by atoms with van der Waals surface area (Å²) in [6, 6.07) is 31.3. The van der Waals surface area contributed by atoms with Crippen molar-refractivity contribution in [2.75, 3.05) is 0 Å². The van der Waals surface area contributed by atoms with E-state index in [4.69, 9.17) is 5.21 Å². The minimum absolute atomic E-state index is 0.0846. The summed E-state index contributed by atoms with van der Waals surface area (Å²) in [7, 11) is 0.